The van der Waals surface area contributed by atoms with E-state index in [1.54, 1.807) is 4.90 Å². The zero-order valence-electron chi connectivity index (χ0n) is 12.3. The van der Waals surface area contributed by atoms with Crippen LogP contribution in [0.2, 0.25) is 5.02 Å². The highest BCUT2D eigenvalue weighted by atomic mass is 35.5. The first-order valence-corrected chi connectivity index (χ1v) is 7.18. The van der Waals surface area contributed by atoms with Gasteiger partial charge in [0.1, 0.15) is 5.66 Å². The molecule has 0 spiro atoms. The molecule has 1 aliphatic rings. The molecule has 0 aliphatic carbocycles. The number of carbonyl (C=O) groups is 1. The largest absolute Gasteiger partial charge is 0.315 e. The second kappa shape index (κ2) is 4.86. The molecule has 1 amide bonds. The van der Waals surface area contributed by atoms with Gasteiger partial charge in [-0.05, 0) is 37.9 Å². The van der Waals surface area contributed by atoms with Gasteiger partial charge in [-0.1, -0.05) is 41.9 Å². The molecule has 108 valence electrons. The highest BCUT2D eigenvalue weighted by Crippen LogP contribution is 2.44. The molecule has 0 unspecified atom stereocenters. The molecule has 2 aromatic carbocycles. The van der Waals surface area contributed by atoms with Crippen molar-refractivity contribution in [2.45, 2.75) is 5.66 Å². The van der Waals surface area contributed by atoms with Crippen molar-refractivity contribution >= 4 is 17.5 Å². The molecule has 1 aliphatic heterocycles. The summed E-state index contributed by atoms with van der Waals surface area (Å²) in [6.07, 6.45) is 0. The van der Waals surface area contributed by atoms with Gasteiger partial charge in [-0.15, -0.1) is 0 Å². The Morgan fingerprint density at radius 1 is 1.05 bits per heavy atom. The summed E-state index contributed by atoms with van der Waals surface area (Å²) in [5, 5.41) is 0.688. The van der Waals surface area contributed by atoms with E-state index in [-0.39, 0.29) is 5.91 Å². The third-order valence-corrected chi connectivity index (χ3v) is 4.47. The Morgan fingerprint density at radius 2 is 1.67 bits per heavy atom. The minimum atomic E-state index is -0.599. The van der Waals surface area contributed by atoms with Crippen LogP contribution in [0.1, 0.15) is 21.5 Å². The number of nitrogens with zero attached hydrogens (tertiary/aromatic N) is 2. The minimum absolute atomic E-state index is 0.0363. The molecule has 1 heterocycles. The maximum atomic E-state index is 12.6. The summed E-state index contributed by atoms with van der Waals surface area (Å²) in [6.45, 7) is 0. The number of benzene rings is 2. The molecule has 0 radical (unpaired) electrons. The van der Waals surface area contributed by atoms with Crippen LogP contribution in [0.4, 0.5) is 0 Å². The second-order valence-corrected chi connectivity index (χ2v) is 5.92. The Labute approximate surface area is 129 Å². The Balaban J connectivity index is 2.32. The van der Waals surface area contributed by atoms with Crippen LogP contribution in [0.25, 0.3) is 0 Å². The molecule has 3 nitrogen and oxygen atoms in total. The van der Waals surface area contributed by atoms with Crippen LogP contribution in [-0.2, 0) is 5.66 Å². The molecule has 0 saturated heterocycles. The van der Waals surface area contributed by atoms with E-state index in [4.69, 9.17) is 11.6 Å². The van der Waals surface area contributed by atoms with Crippen LogP contribution in [0.3, 0.4) is 0 Å². The van der Waals surface area contributed by atoms with Crippen LogP contribution in [-0.4, -0.2) is 36.9 Å². The average molecular weight is 301 g/mol. The lowest BCUT2D eigenvalue weighted by Crippen LogP contribution is -2.52. The number of fused-ring (bicyclic) bond motifs is 1. The van der Waals surface area contributed by atoms with Crippen molar-refractivity contribution in [2.75, 3.05) is 21.1 Å². The number of carbonyl (C=O) groups excluding carboxylic acids is 1. The molecular weight excluding hydrogens is 284 g/mol. The lowest BCUT2D eigenvalue weighted by Gasteiger charge is -2.43. The maximum absolute atomic E-state index is 12.6. The predicted molar refractivity (Wildman–Crippen MR) is 84.5 cm³/mol. The van der Waals surface area contributed by atoms with Gasteiger partial charge in [0.15, 0.2) is 0 Å². The van der Waals surface area contributed by atoms with Crippen LogP contribution < -0.4 is 0 Å². The van der Waals surface area contributed by atoms with Gasteiger partial charge >= 0.3 is 0 Å². The van der Waals surface area contributed by atoms with Crippen molar-refractivity contribution in [1.82, 2.24) is 9.80 Å². The van der Waals surface area contributed by atoms with E-state index in [9.17, 15) is 4.79 Å². The van der Waals surface area contributed by atoms with E-state index in [1.165, 1.54) is 0 Å². The molecule has 4 heteroatoms. The molecule has 1 atom stereocenters. The summed E-state index contributed by atoms with van der Waals surface area (Å²) in [6, 6.07) is 15.5. The SMILES string of the molecule is CN(C)[C@@]1(c2ccc(Cl)cc2)c2ccccc2C(=O)N1C. The van der Waals surface area contributed by atoms with Crippen molar-refractivity contribution < 1.29 is 4.79 Å². The zero-order chi connectivity index (χ0) is 15.2. The summed E-state index contributed by atoms with van der Waals surface area (Å²) >= 11 is 6.01. The van der Waals surface area contributed by atoms with Crippen LogP contribution >= 0.6 is 11.6 Å². The molecule has 21 heavy (non-hydrogen) atoms. The van der Waals surface area contributed by atoms with E-state index in [2.05, 4.69) is 4.90 Å². The monoisotopic (exact) mass is 300 g/mol. The molecular formula is C17H17ClN2O. The van der Waals surface area contributed by atoms with E-state index >= 15 is 0 Å². The Hall–Kier alpha value is -1.84. The lowest BCUT2D eigenvalue weighted by molar-refractivity contribution is 0.0291. The van der Waals surface area contributed by atoms with E-state index in [1.807, 2.05) is 69.7 Å². The minimum Gasteiger partial charge on any atom is -0.315 e. The van der Waals surface area contributed by atoms with E-state index < -0.39 is 5.66 Å². The topological polar surface area (TPSA) is 23.6 Å². The standard InChI is InChI=1S/C17H17ClN2O/c1-19(2)17(12-8-10-13(18)11-9-12)15-7-5-4-6-14(15)16(21)20(17)3/h4-11H,1-3H3/t17-/m1/s1. The molecule has 3 rings (SSSR count). The average Bonchev–Trinajstić information content (AvgIpc) is 2.70. The maximum Gasteiger partial charge on any atom is 0.256 e. The Bertz CT molecular complexity index is 696. The summed E-state index contributed by atoms with van der Waals surface area (Å²) in [7, 11) is 5.82. The molecule has 0 fully saturated rings. The summed E-state index contributed by atoms with van der Waals surface area (Å²) < 4.78 is 0. The fourth-order valence-electron chi connectivity index (χ4n) is 3.31. The summed E-state index contributed by atoms with van der Waals surface area (Å²) in [5.74, 6) is 0.0363. The second-order valence-electron chi connectivity index (χ2n) is 5.48. The van der Waals surface area contributed by atoms with Gasteiger partial charge in [0, 0.05) is 23.2 Å². The quantitative estimate of drug-likeness (QED) is 0.850. The molecule has 0 aromatic heterocycles. The van der Waals surface area contributed by atoms with E-state index in [0.29, 0.717) is 5.02 Å². The van der Waals surface area contributed by atoms with Gasteiger partial charge < -0.3 is 4.90 Å². The first-order valence-electron chi connectivity index (χ1n) is 6.80. The summed E-state index contributed by atoms with van der Waals surface area (Å²) in [5.41, 5.74) is 2.18. The Morgan fingerprint density at radius 3 is 2.29 bits per heavy atom. The van der Waals surface area contributed by atoms with Gasteiger partial charge in [0.25, 0.3) is 5.91 Å². The first-order chi connectivity index (χ1) is 9.99. The van der Waals surface area contributed by atoms with Crippen molar-refractivity contribution in [3.05, 3.63) is 70.2 Å². The van der Waals surface area contributed by atoms with Gasteiger partial charge in [-0.25, -0.2) is 0 Å². The zero-order valence-corrected chi connectivity index (χ0v) is 13.1. The van der Waals surface area contributed by atoms with Gasteiger partial charge in [0.05, 0.1) is 0 Å². The Kier molecular flexibility index (Phi) is 3.27. The number of rotatable bonds is 2. The fraction of sp³-hybridized carbons (Fsp3) is 0.235. The fourth-order valence-corrected chi connectivity index (χ4v) is 3.44. The first kappa shape index (κ1) is 14.1. The number of hydrogen-bond acceptors (Lipinski definition) is 2. The highest BCUT2D eigenvalue weighted by Gasteiger charge is 2.50. The van der Waals surface area contributed by atoms with Crippen molar-refractivity contribution in [2.24, 2.45) is 0 Å². The van der Waals surface area contributed by atoms with Gasteiger partial charge in [-0.3, -0.25) is 9.69 Å². The number of amides is 1. The predicted octanol–water partition coefficient (Wildman–Crippen LogP) is 3.19. The van der Waals surface area contributed by atoms with Crippen molar-refractivity contribution in [1.29, 1.82) is 0 Å². The number of halogens is 1. The molecule has 0 saturated carbocycles. The summed E-state index contributed by atoms with van der Waals surface area (Å²) in [4.78, 5) is 16.5. The van der Waals surface area contributed by atoms with Crippen molar-refractivity contribution in [3.63, 3.8) is 0 Å². The molecule has 0 bridgehead atoms. The van der Waals surface area contributed by atoms with Gasteiger partial charge in [0.2, 0.25) is 0 Å². The van der Waals surface area contributed by atoms with Crippen LogP contribution in [0.15, 0.2) is 48.5 Å². The molecule has 2 aromatic rings. The van der Waals surface area contributed by atoms with Crippen LogP contribution in [0.5, 0.6) is 0 Å². The van der Waals surface area contributed by atoms with Crippen LogP contribution in [0, 0.1) is 0 Å². The molecule has 0 N–H and O–H groups in total. The van der Waals surface area contributed by atoms with Crippen molar-refractivity contribution in [3.8, 4) is 0 Å². The third-order valence-electron chi connectivity index (χ3n) is 4.22. The van der Waals surface area contributed by atoms with E-state index in [0.717, 1.165) is 16.7 Å². The van der Waals surface area contributed by atoms with Gasteiger partial charge in [-0.2, -0.15) is 0 Å². The third kappa shape index (κ3) is 1.81. The normalized spacial score (nSPS) is 21.0. The number of hydrogen-bond donors (Lipinski definition) is 0. The highest BCUT2D eigenvalue weighted by molar-refractivity contribution is 6.30. The smallest absolute Gasteiger partial charge is 0.256 e. The lowest BCUT2D eigenvalue weighted by atomic mass is 9.90.